The van der Waals surface area contributed by atoms with Crippen molar-refractivity contribution in [3.05, 3.63) is 0 Å². The van der Waals surface area contributed by atoms with Crippen molar-refractivity contribution in [2.75, 3.05) is 0 Å². The van der Waals surface area contributed by atoms with Crippen molar-refractivity contribution in [3.63, 3.8) is 0 Å². The van der Waals surface area contributed by atoms with Gasteiger partial charge in [-0.2, -0.15) is 0 Å². The molecular formula is AuCuPtRu. The molecule has 0 N–H and O–H groups in total. The predicted octanol–water partition coefficient (Wildman–Crippen LogP) is -0.0100. The molecular weight excluding hydrogens is 557 g/mol. The van der Waals surface area contributed by atoms with Gasteiger partial charge in [0.1, 0.15) is 0 Å². The maximum Gasteiger partial charge on any atom is 0 e. The van der Waals surface area contributed by atoms with Gasteiger partial charge in [0.15, 0.2) is 0 Å². The van der Waals surface area contributed by atoms with E-state index in [1.807, 2.05) is 0 Å². The van der Waals surface area contributed by atoms with Crippen LogP contribution in [0.15, 0.2) is 0 Å². The Morgan fingerprint density at radius 2 is 1.00 bits per heavy atom. The van der Waals surface area contributed by atoms with Crippen molar-refractivity contribution in [2.24, 2.45) is 0 Å². The molecule has 0 rings (SSSR count). The van der Waals surface area contributed by atoms with Gasteiger partial charge >= 0.3 is 0 Å². The predicted molar refractivity (Wildman–Crippen MR) is 0 cm³/mol. The van der Waals surface area contributed by atoms with Gasteiger partial charge in [-0.15, -0.1) is 0 Å². The molecule has 0 heterocycles. The summed E-state index contributed by atoms with van der Waals surface area (Å²) in [6.45, 7) is 0. The zero-order valence-electron chi connectivity index (χ0n) is 1.27. The first-order chi connectivity index (χ1) is 0. The summed E-state index contributed by atoms with van der Waals surface area (Å²) in [5.41, 5.74) is 0. The van der Waals surface area contributed by atoms with Crippen molar-refractivity contribution in [1.29, 1.82) is 0 Å². The monoisotopic (exact) mass is 557 g/mol. The second kappa shape index (κ2) is 17.6. The Morgan fingerprint density at radius 1 is 1.00 bits per heavy atom. The molecule has 0 atom stereocenters. The maximum atomic E-state index is 0. The summed E-state index contributed by atoms with van der Waals surface area (Å²) in [6, 6.07) is 0. The number of hydrogen-bond acceptors (Lipinski definition) is 0. The molecule has 0 aromatic heterocycles. The summed E-state index contributed by atoms with van der Waals surface area (Å²) in [7, 11) is 0. The van der Waals surface area contributed by atoms with Gasteiger partial charge in [0.05, 0.1) is 0 Å². The fourth-order valence-corrected chi connectivity index (χ4v) is 0. The van der Waals surface area contributed by atoms with Crippen molar-refractivity contribution >= 4 is 0 Å². The van der Waals surface area contributed by atoms with Crippen LogP contribution in [-0.2, 0) is 80.0 Å². The summed E-state index contributed by atoms with van der Waals surface area (Å²) >= 11 is 0. The molecule has 0 saturated carbocycles. The van der Waals surface area contributed by atoms with E-state index in [2.05, 4.69) is 0 Å². The number of hydrogen-bond donors (Lipinski definition) is 0. The van der Waals surface area contributed by atoms with Gasteiger partial charge < -0.3 is 0 Å². The van der Waals surface area contributed by atoms with E-state index in [0.29, 0.717) is 0 Å². The Morgan fingerprint density at radius 3 is 1.00 bits per heavy atom. The molecule has 0 spiro atoms. The zero-order chi connectivity index (χ0) is 0. The molecule has 0 aromatic rings. The van der Waals surface area contributed by atoms with E-state index in [1.165, 1.54) is 0 Å². The maximum absolute atomic E-state index is 0. The van der Waals surface area contributed by atoms with E-state index in [4.69, 9.17) is 0 Å². The second-order valence-electron chi connectivity index (χ2n) is 0. The Labute approximate surface area is 78.9 Å². The van der Waals surface area contributed by atoms with Gasteiger partial charge in [0.2, 0.25) is 0 Å². The van der Waals surface area contributed by atoms with E-state index in [9.17, 15) is 0 Å². The van der Waals surface area contributed by atoms with Crippen LogP contribution in [-0.4, -0.2) is 0 Å². The van der Waals surface area contributed by atoms with Crippen LogP contribution in [0.3, 0.4) is 0 Å². The first kappa shape index (κ1) is 30.8. The Bertz CT molecular complexity index is 8.00. The number of rotatable bonds is 0. The second-order valence-corrected chi connectivity index (χ2v) is 0. The molecule has 4 heavy (non-hydrogen) atoms. The third kappa shape index (κ3) is 8.82. The topological polar surface area (TPSA) is 0 Å². The largest absolute Gasteiger partial charge is 0 e. The molecule has 0 aromatic carbocycles. The van der Waals surface area contributed by atoms with Crippen LogP contribution < -0.4 is 0 Å². The molecule has 0 nitrogen and oxygen atoms in total. The molecule has 0 saturated heterocycles. The Balaban J connectivity index is 0. The van der Waals surface area contributed by atoms with Crippen LogP contribution in [0.2, 0.25) is 0 Å². The summed E-state index contributed by atoms with van der Waals surface area (Å²) in [5, 5.41) is 0. The summed E-state index contributed by atoms with van der Waals surface area (Å²) in [5.74, 6) is 0. The van der Waals surface area contributed by atoms with Crippen LogP contribution in [0.1, 0.15) is 0 Å². The Kier molecular flexibility index (Phi) is 136. The van der Waals surface area contributed by atoms with Gasteiger partial charge in [-0.3, -0.25) is 0 Å². The molecule has 0 aliphatic carbocycles. The molecule has 2 radical (unpaired) electrons. The molecule has 40 valence electrons. The minimum atomic E-state index is 0. The third-order valence-corrected chi connectivity index (χ3v) is 0. The fraction of sp³-hybridized carbons (Fsp3) is 0. The minimum Gasteiger partial charge on any atom is 0 e. The van der Waals surface area contributed by atoms with Crippen LogP contribution in [0, 0.1) is 0 Å². The molecule has 0 aliphatic rings. The molecule has 0 unspecified atom stereocenters. The average molecular weight is 557 g/mol. The van der Waals surface area contributed by atoms with Gasteiger partial charge in [0, 0.05) is 80.0 Å². The first-order valence-corrected chi connectivity index (χ1v) is 0. The van der Waals surface area contributed by atoms with Crippen molar-refractivity contribution in [3.8, 4) is 0 Å². The van der Waals surface area contributed by atoms with Gasteiger partial charge in [-0.1, -0.05) is 0 Å². The minimum absolute atomic E-state index is 0. The first-order valence-electron chi connectivity index (χ1n) is 0. The SMILES string of the molecule is [Au].[Cu].[Pt].[Ru]. The quantitative estimate of drug-likeness (QED) is 0.369. The molecule has 4 heteroatoms. The van der Waals surface area contributed by atoms with Crippen molar-refractivity contribution in [2.45, 2.75) is 0 Å². The molecule has 0 bridgehead atoms. The van der Waals surface area contributed by atoms with Crippen LogP contribution in [0.5, 0.6) is 0 Å². The Hall–Kier alpha value is 2.57. The zero-order valence-corrected chi connectivity index (χ0v) is 8.39. The van der Waals surface area contributed by atoms with Crippen LogP contribution in [0.4, 0.5) is 0 Å². The van der Waals surface area contributed by atoms with Crippen LogP contribution in [0.25, 0.3) is 0 Å². The average Bonchev–Trinajstić information content (AvgIpc) is 0. The molecule has 0 aliphatic heterocycles. The fourth-order valence-electron chi connectivity index (χ4n) is 0. The summed E-state index contributed by atoms with van der Waals surface area (Å²) in [6.07, 6.45) is 0. The van der Waals surface area contributed by atoms with Crippen molar-refractivity contribution in [1.82, 2.24) is 0 Å². The van der Waals surface area contributed by atoms with Gasteiger partial charge in [-0.25, -0.2) is 0 Å². The van der Waals surface area contributed by atoms with E-state index < -0.39 is 0 Å². The van der Waals surface area contributed by atoms with Gasteiger partial charge in [-0.05, 0) is 0 Å². The summed E-state index contributed by atoms with van der Waals surface area (Å²) < 4.78 is 0. The van der Waals surface area contributed by atoms with E-state index in [0.717, 1.165) is 0 Å². The van der Waals surface area contributed by atoms with E-state index in [-0.39, 0.29) is 80.0 Å². The van der Waals surface area contributed by atoms with Crippen molar-refractivity contribution < 1.29 is 80.0 Å². The van der Waals surface area contributed by atoms with Crippen LogP contribution >= 0.6 is 0 Å². The summed E-state index contributed by atoms with van der Waals surface area (Å²) in [4.78, 5) is 0. The normalized spacial score (nSPS) is 0. The third-order valence-electron chi connectivity index (χ3n) is 0. The van der Waals surface area contributed by atoms with E-state index in [1.54, 1.807) is 0 Å². The standard InChI is InChI=1S/Au.Cu.Pt.Ru. The molecule has 0 amide bonds. The van der Waals surface area contributed by atoms with E-state index >= 15 is 0 Å². The smallest absolute Gasteiger partial charge is 0 e. The van der Waals surface area contributed by atoms with Gasteiger partial charge in [0.25, 0.3) is 0 Å². The molecule has 0 fully saturated rings.